The summed E-state index contributed by atoms with van der Waals surface area (Å²) in [7, 11) is -3.20. The van der Waals surface area contributed by atoms with Crippen LogP contribution < -0.4 is 10.5 Å². The zero-order valence-electron chi connectivity index (χ0n) is 10.2. The van der Waals surface area contributed by atoms with Crippen molar-refractivity contribution in [1.29, 1.82) is 0 Å². The monoisotopic (exact) mass is 236 g/mol. The highest BCUT2D eigenvalue weighted by atomic mass is 32.2. The number of nitrogens with two attached hydrogens (primary N) is 1. The van der Waals surface area contributed by atoms with Gasteiger partial charge >= 0.3 is 0 Å². The van der Waals surface area contributed by atoms with Crippen LogP contribution in [0.2, 0.25) is 0 Å². The van der Waals surface area contributed by atoms with E-state index in [0.717, 1.165) is 12.8 Å². The third-order valence-corrected chi connectivity index (χ3v) is 4.10. The van der Waals surface area contributed by atoms with Crippen LogP contribution >= 0.6 is 0 Å². The Bertz CT molecular complexity index is 273. The smallest absolute Gasteiger partial charge is 0.212 e. The van der Waals surface area contributed by atoms with Crippen LogP contribution in [0.5, 0.6) is 0 Å². The molecule has 0 spiro atoms. The molecule has 0 amide bonds. The summed E-state index contributed by atoms with van der Waals surface area (Å²) < 4.78 is 26.1. The zero-order chi connectivity index (χ0) is 12.1. The minimum Gasteiger partial charge on any atom is -0.329 e. The van der Waals surface area contributed by atoms with Crippen molar-refractivity contribution in [2.75, 3.05) is 12.3 Å². The van der Waals surface area contributed by atoms with Crippen LogP contribution in [-0.4, -0.2) is 26.3 Å². The van der Waals surface area contributed by atoms with Crippen molar-refractivity contribution >= 4 is 10.0 Å². The number of nitrogens with one attached hydrogen (secondary N) is 1. The van der Waals surface area contributed by atoms with E-state index in [1.165, 1.54) is 0 Å². The maximum Gasteiger partial charge on any atom is 0.212 e. The molecule has 0 aliphatic carbocycles. The van der Waals surface area contributed by atoms with Gasteiger partial charge in [0.15, 0.2) is 0 Å². The summed E-state index contributed by atoms with van der Waals surface area (Å²) in [5.74, 6) is 0.380. The molecule has 1 unspecified atom stereocenters. The minimum absolute atomic E-state index is 0.185. The van der Waals surface area contributed by atoms with E-state index in [4.69, 9.17) is 5.73 Å². The Morgan fingerprint density at radius 2 is 1.93 bits per heavy atom. The van der Waals surface area contributed by atoms with Gasteiger partial charge in [-0.3, -0.25) is 0 Å². The predicted octanol–water partition coefficient (Wildman–Crippen LogP) is 1.08. The largest absolute Gasteiger partial charge is 0.329 e. The summed E-state index contributed by atoms with van der Waals surface area (Å²) in [6, 6.07) is 0. The van der Waals surface area contributed by atoms with Crippen molar-refractivity contribution in [2.24, 2.45) is 11.7 Å². The lowest BCUT2D eigenvalue weighted by atomic mass is 10.1. The number of rotatable bonds is 7. The van der Waals surface area contributed by atoms with Gasteiger partial charge in [-0.05, 0) is 26.2 Å². The van der Waals surface area contributed by atoms with E-state index in [0.29, 0.717) is 6.54 Å². The van der Waals surface area contributed by atoms with E-state index in [1.54, 1.807) is 13.8 Å². The predicted molar refractivity (Wildman–Crippen MR) is 64.1 cm³/mol. The molecule has 4 nitrogen and oxygen atoms in total. The summed E-state index contributed by atoms with van der Waals surface area (Å²) in [5.41, 5.74) is 4.93. The molecule has 15 heavy (non-hydrogen) atoms. The van der Waals surface area contributed by atoms with Crippen LogP contribution in [0.1, 0.15) is 40.5 Å². The topological polar surface area (TPSA) is 72.2 Å². The lowest BCUT2D eigenvalue weighted by Gasteiger charge is -2.24. The number of sulfonamides is 1. The quantitative estimate of drug-likeness (QED) is 0.695. The normalized spacial score (nSPS) is 15.3. The first-order valence-corrected chi connectivity index (χ1v) is 7.09. The van der Waals surface area contributed by atoms with E-state index < -0.39 is 15.6 Å². The van der Waals surface area contributed by atoms with Crippen LogP contribution in [0.15, 0.2) is 0 Å². The summed E-state index contributed by atoms with van der Waals surface area (Å²) >= 11 is 0. The highest BCUT2D eigenvalue weighted by Crippen LogP contribution is 2.10. The van der Waals surface area contributed by atoms with Crippen LogP contribution in [0.4, 0.5) is 0 Å². The molecule has 0 bridgehead atoms. The summed E-state index contributed by atoms with van der Waals surface area (Å²) in [4.78, 5) is 0. The number of hydrogen-bond acceptors (Lipinski definition) is 3. The molecule has 0 rings (SSSR count). The molecule has 0 radical (unpaired) electrons. The van der Waals surface area contributed by atoms with Gasteiger partial charge in [0.05, 0.1) is 5.75 Å². The molecule has 92 valence electrons. The Morgan fingerprint density at radius 3 is 2.33 bits per heavy atom. The molecule has 0 aromatic rings. The molecule has 0 fully saturated rings. The van der Waals surface area contributed by atoms with Gasteiger partial charge in [-0.25, -0.2) is 13.1 Å². The fourth-order valence-electron chi connectivity index (χ4n) is 1.45. The van der Waals surface area contributed by atoms with Gasteiger partial charge in [0.1, 0.15) is 0 Å². The third kappa shape index (κ3) is 6.87. The Morgan fingerprint density at radius 1 is 1.40 bits per heavy atom. The molecule has 3 N–H and O–H groups in total. The van der Waals surface area contributed by atoms with Gasteiger partial charge in [0, 0.05) is 12.1 Å². The highest BCUT2D eigenvalue weighted by molar-refractivity contribution is 7.89. The second-order valence-electron chi connectivity index (χ2n) is 4.87. The van der Waals surface area contributed by atoms with E-state index in [9.17, 15) is 8.42 Å². The SMILES string of the molecule is CCCC(C)CS(=O)(=O)NC(C)(C)CN. The van der Waals surface area contributed by atoms with Gasteiger partial charge in [0.2, 0.25) is 10.0 Å². The van der Waals surface area contributed by atoms with Crippen molar-refractivity contribution in [3.8, 4) is 0 Å². The van der Waals surface area contributed by atoms with Crippen molar-refractivity contribution in [3.63, 3.8) is 0 Å². The summed E-state index contributed by atoms with van der Waals surface area (Å²) in [6.45, 7) is 7.89. The average molecular weight is 236 g/mol. The van der Waals surface area contributed by atoms with E-state index in [2.05, 4.69) is 11.6 Å². The van der Waals surface area contributed by atoms with Crippen molar-refractivity contribution in [1.82, 2.24) is 4.72 Å². The molecule has 1 atom stereocenters. The first-order valence-electron chi connectivity index (χ1n) is 5.44. The Hall–Kier alpha value is -0.130. The molecule has 0 saturated heterocycles. The molecule has 0 aliphatic heterocycles. The molecular weight excluding hydrogens is 212 g/mol. The Balaban J connectivity index is 4.32. The third-order valence-electron chi connectivity index (χ3n) is 2.23. The van der Waals surface area contributed by atoms with Gasteiger partial charge in [-0.15, -0.1) is 0 Å². The molecule has 0 saturated carbocycles. The maximum atomic E-state index is 11.7. The van der Waals surface area contributed by atoms with Gasteiger partial charge in [-0.1, -0.05) is 20.3 Å². The van der Waals surface area contributed by atoms with E-state index >= 15 is 0 Å². The van der Waals surface area contributed by atoms with Crippen molar-refractivity contribution < 1.29 is 8.42 Å². The summed E-state index contributed by atoms with van der Waals surface area (Å²) in [6.07, 6.45) is 1.95. The second kappa shape index (κ2) is 5.82. The lowest BCUT2D eigenvalue weighted by Crippen LogP contribution is -2.49. The Labute approximate surface area is 93.7 Å². The molecule has 0 aromatic carbocycles. The standard InChI is InChI=1S/C10H24N2O2S/c1-5-6-9(2)7-15(13,14)12-10(3,4)8-11/h9,12H,5-8,11H2,1-4H3. The molecule has 0 heterocycles. The van der Waals surface area contributed by atoms with Gasteiger partial charge in [-0.2, -0.15) is 0 Å². The lowest BCUT2D eigenvalue weighted by molar-refractivity contribution is 0.455. The van der Waals surface area contributed by atoms with Crippen molar-refractivity contribution in [2.45, 2.75) is 46.1 Å². The number of hydrogen-bond donors (Lipinski definition) is 2. The highest BCUT2D eigenvalue weighted by Gasteiger charge is 2.24. The van der Waals surface area contributed by atoms with Crippen LogP contribution in [-0.2, 0) is 10.0 Å². The minimum atomic E-state index is -3.20. The zero-order valence-corrected chi connectivity index (χ0v) is 11.0. The average Bonchev–Trinajstić information content (AvgIpc) is 2.01. The fourth-order valence-corrected chi connectivity index (χ4v) is 3.38. The molecule has 0 aromatic heterocycles. The van der Waals surface area contributed by atoms with Gasteiger partial charge in [0.25, 0.3) is 0 Å². The van der Waals surface area contributed by atoms with Crippen LogP contribution in [0.3, 0.4) is 0 Å². The van der Waals surface area contributed by atoms with Crippen molar-refractivity contribution in [3.05, 3.63) is 0 Å². The second-order valence-corrected chi connectivity index (χ2v) is 6.63. The molecule has 0 aliphatic rings. The first-order chi connectivity index (χ1) is 6.72. The molecular formula is C10H24N2O2S. The maximum absolute atomic E-state index is 11.7. The first kappa shape index (κ1) is 14.9. The van der Waals surface area contributed by atoms with Gasteiger partial charge < -0.3 is 5.73 Å². The Kier molecular flexibility index (Phi) is 5.77. The van der Waals surface area contributed by atoms with E-state index in [-0.39, 0.29) is 11.7 Å². The van der Waals surface area contributed by atoms with Crippen LogP contribution in [0, 0.1) is 5.92 Å². The molecule has 5 heteroatoms. The summed E-state index contributed by atoms with van der Waals surface area (Å²) in [5, 5.41) is 0. The van der Waals surface area contributed by atoms with Crippen LogP contribution in [0.25, 0.3) is 0 Å². The fraction of sp³-hybridized carbons (Fsp3) is 1.00. The van der Waals surface area contributed by atoms with E-state index in [1.807, 2.05) is 6.92 Å².